The summed E-state index contributed by atoms with van der Waals surface area (Å²) in [6, 6.07) is 7.97. The molecule has 1 aromatic carbocycles. The van der Waals surface area contributed by atoms with E-state index in [4.69, 9.17) is 4.74 Å². The molecule has 1 aromatic heterocycles. The second-order valence-electron chi connectivity index (χ2n) is 5.85. The minimum Gasteiger partial charge on any atom is -0.493 e. The third-order valence-corrected chi connectivity index (χ3v) is 5.00. The summed E-state index contributed by atoms with van der Waals surface area (Å²) in [4.78, 5) is 17.0. The second-order valence-corrected chi connectivity index (χ2v) is 6.79. The Hall–Kier alpha value is -1.88. The summed E-state index contributed by atoms with van der Waals surface area (Å²) in [5.41, 5.74) is 2.07. The fourth-order valence-electron chi connectivity index (χ4n) is 2.80. The third kappa shape index (κ3) is 4.10. The van der Waals surface area contributed by atoms with Gasteiger partial charge in [-0.05, 0) is 37.3 Å². The maximum Gasteiger partial charge on any atom is 0.223 e. The van der Waals surface area contributed by atoms with Gasteiger partial charge in [-0.2, -0.15) is 0 Å². The van der Waals surface area contributed by atoms with Crippen LogP contribution < -0.4 is 10.1 Å². The molecule has 0 aliphatic carbocycles. The molecule has 23 heavy (non-hydrogen) atoms. The number of aromatic nitrogens is 1. The number of nitrogens with one attached hydrogen (secondary N) is 1. The topological polar surface area (TPSA) is 51.2 Å². The zero-order valence-electron chi connectivity index (χ0n) is 13.4. The van der Waals surface area contributed by atoms with Crippen LogP contribution in [-0.2, 0) is 24.2 Å². The summed E-state index contributed by atoms with van der Waals surface area (Å²) in [6.45, 7) is 3.25. The highest BCUT2D eigenvalue weighted by Gasteiger charge is 2.23. The number of thiazole rings is 1. The van der Waals surface area contributed by atoms with Crippen LogP contribution in [0.3, 0.4) is 0 Å². The summed E-state index contributed by atoms with van der Waals surface area (Å²) in [5, 5.41) is 6.22. The standard InChI is InChI=1S/C18H22N2O2S/c1-2-5-17-20-15(12-23-17)11-19-18(21)14-8-9-22-16-7-4-3-6-13(16)10-14/h3-4,6-7,12,14H,2,5,8-11H2,1H3,(H,19,21)/t14-/m0/s1. The molecule has 3 rings (SSSR count). The van der Waals surface area contributed by atoms with E-state index in [1.807, 2.05) is 29.6 Å². The van der Waals surface area contributed by atoms with E-state index in [0.717, 1.165) is 47.7 Å². The van der Waals surface area contributed by atoms with E-state index in [2.05, 4.69) is 17.2 Å². The normalized spacial score (nSPS) is 17.0. The van der Waals surface area contributed by atoms with Crippen LogP contribution in [0.1, 0.15) is 36.0 Å². The molecule has 0 fully saturated rings. The molecular formula is C18H22N2O2S. The lowest BCUT2D eigenvalue weighted by Gasteiger charge is -2.13. The quantitative estimate of drug-likeness (QED) is 0.914. The predicted molar refractivity (Wildman–Crippen MR) is 91.7 cm³/mol. The fraction of sp³-hybridized carbons (Fsp3) is 0.444. The molecule has 1 aliphatic rings. The van der Waals surface area contributed by atoms with E-state index in [1.54, 1.807) is 11.3 Å². The van der Waals surface area contributed by atoms with E-state index in [0.29, 0.717) is 13.2 Å². The number of para-hydroxylation sites is 1. The van der Waals surface area contributed by atoms with Gasteiger partial charge < -0.3 is 10.1 Å². The molecule has 0 radical (unpaired) electrons. The zero-order chi connectivity index (χ0) is 16.1. The molecule has 5 heteroatoms. The number of carbonyl (C=O) groups is 1. The molecule has 0 saturated heterocycles. The number of ether oxygens (including phenoxy) is 1. The molecule has 0 spiro atoms. The fourth-order valence-corrected chi connectivity index (χ4v) is 3.70. The van der Waals surface area contributed by atoms with Crippen molar-refractivity contribution in [3.8, 4) is 5.75 Å². The Morgan fingerprint density at radius 1 is 1.43 bits per heavy atom. The monoisotopic (exact) mass is 330 g/mol. The number of benzene rings is 1. The Kier molecular flexibility index (Phi) is 5.28. The van der Waals surface area contributed by atoms with Crippen molar-refractivity contribution in [3.05, 3.63) is 45.9 Å². The number of rotatable bonds is 5. The molecule has 1 N–H and O–H groups in total. The van der Waals surface area contributed by atoms with Gasteiger partial charge in [0.1, 0.15) is 5.75 Å². The van der Waals surface area contributed by atoms with Crippen molar-refractivity contribution in [3.63, 3.8) is 0 Å². The Morgan fingerprint density at radius 2 is 2.30 bits per heavy atom. The summed E-state index contributed by atoms with van der Waals surface area (Å²) in [7, 11) is 0. The van der Waals surface area contributed by atoms with Crippen LogP contribution in [0.2, 0.25) is 0 Å². The number of carbonyl (C=O) groups excluding carboxylic acids is 1. The minimum absolute atomic E-state index is 0.0348. The van der Waals surface area contributed by atoms with Crippen molar-refractivity contribution in [2.45, 2.75) is 39.2 Å². The van der Waals surface area contributed by atoms with Crippen LogP contribution in [0.25, 0.3) is 0 Å². The number of amides is 1. The van der Waals surface area contributed by atoms with E-state index in [-0.39, 0.29) is 11.8 Å². The van der Waals surface area contributed by atoms with Gasteiger partial charge in [-0.15, -0.1) is 11.3 Å². The maximum absolute atomic E-state index is 12.5. The first kappa shape index (κ1) is 16.0. The van der Waals surface area contributed by atoms with Crippen molar-refractivity contribution >= 4 is 17.2 Å². The predicted octanol–water partition coefficient (Wildman–Crippen LogP) is 3.35. The second kappa shape index (κ2) is 7.59. The SMILES string of the molecule is CCCc1nc(CNC(=O)[C@H]2CCOc3ccccc3C2)cs1. The average molecular weight is 330 g/mol. The van der Waals surface area contributed by atoms with Crippen LogP contribution in [-0.4, -0.2) is 17.5 Å². The summed E-state index contributed by atoms with van der Waals surface area (Å²) in [5.74, 6) is 0.967. The summed E-state index contributed by atoms with van der Waals surface area (Å²) < 4.78 is 5.73. The first-order valence-electron chi connectivity index (χ1n) is 8.18. The summed E-state index contributed by atoms with van der Waals surface area (Å²) >= 11 is 1.67. The molecule has 1 atom stereocenters. The highest BCUT2D eigenvalue weighted by Crippen LogP contribution is 2.26. The Labute approximate surface area is 140 Å². The molecule has 122 valence electrons. The molecule has 2 aromatic rings. The molecule has 1 amide bonds. The Morgan fingerprint density at radius 3 is 3.17 bits per heavy atom. The molecule has 1 aliphatic heterocycles. The van der Waals surface area contributed by atoms with Crippen molar-refractivity contribution < 1.29 is 9.53 Å². The van der Waals surface area contributed by atoms with Gasteiger partial charge in [-0.1, -0.05) is 25.1 Å². The number of fused-ring (bicyclic) bond motifs is 1. The molecule has 0 unspecified atom stereocenters. The molecule has 2 heterocycles. The van der Waals surface area contributed by atoms with Crippen molar-refractivity contribution in [1.29, 1.82) is 0 Å². The van der Waals surface area contributed by atoms with E-state index in [9.17, 15) is 4.79 Å². The zero-order valence-corrected chi connectivity index (χ0v) is 14.2. The van der Waals surface area contributed by atoms with Gasteiger partial charge in [0.2, 0.25) is 5.91 Å². The van der Waals surface area contributed by atoms with Gasteiger partial charge in [0.25, 0.3) is 0 Å². The lowest BCUT2D eigenvalue weighted by molar-refractivity contribution is -0.125. The third-order valence-electron chi connectivity index (χ3n) is 4.04. The van der Waals surface area contributed by atoms with Crippen molar-refractivity contribution in [2.75, 3.05) is 6.61 Å². The number of nitrogens with zero attached hydrogens (tertiary/aromatic N) is 1. The highest BCUT2D eigenvalue weighted by molar-refractivity contribution is 7.09. The molecule has 0 saturated carbocycles. The lowest BCUT2D eigenvalue weighted by atomic mass is 9.96. The van der Waals surface area contributed by atoms with Gasteiger partial charge in [-0.25, -0.2) is 4.98 Å². The van der Waals surface area contributed by atoms with E-state index >= 15 is 0 Å². The van der Waals surface area contributed by atoms with Crippen molar-refractivity contribution in [2.24, 2.45) is 5.92 Å². The highest BCUT2D eigenvalue weighted by atomic mass is 32.1. The van der Waals surface area contributed by atoms with Crippen LogP contribution in [0.4, 0.5) is 0 Å². The molecular weight excluding hydrogens is 308 g/mol. The number of hydrogen-bond acceptors (Lipinski definition) is 4. The average Bonchev–Trinajstić information content (AvgIpc) is 2.89. The van der Waals surface area contributed by atoms with Gasteiger partial charge >= 0.3 is 0 Å². The van der Waals surface area contributed by atoms with Gasteiger partial charge in [0.15, 0.2) is 0 Å². The van der Waals surface area contributed by atoms with Gasteiger partial charge in [-0.3, -0.25) is 4.79 Å². The van der Waals surface area contributed by atoms with Gasteiger partial charge in [0.05, 0.1) is 23.9 Å². The van der Waals surface area contributed by atoms with Crippen molar-refractivity contribution in [1.82, 2.24) is 10.3 Å². The Balaban J connectivity index is 1.57. The van der Waals surface area contributed by atoms with E-state index in [1.165, 1.54) is 0 Å². The van der Waals surface area contributed by atoms with Crippen LogP contribution in [0.5, 0.6) is 5.75 Å². The molecule has 4 nitrogen and oxygen atoms in total. The number of aryl methyl sites for hydroxylation is 1. The van der Waals surface area contributed by atoms with Crippen LogP contribution in [0.15, 0.2) is 29.6 Å². The van der Waals surface area contributed by atoms with Crippen LogP contribution >= 0.6 is 11.3 Å². The minimum atomic E-state index is -0.0348. The first-order valence-corrected chi connectivity index (χ1v) is 9.06. The Bertz CT molecular complexity index is 669. The van der Waals surface area contributed by atoms with E-state index < -0.39 is 0 Å². The largest absolute Gasteiger partial charge is 0.493 e. The smallest absolute Gasteiger partial charge is 0.223 e. The van der Waals surface area contributed by atoms with Crippen LogP contribution in [0, 0.1) is 5.92 Å². The maximum atomic E-state index is 12.5. The number of hydrogen-bond donors (Lipinski definition) is 1. The lowest BCUT2D eigenvalue weighted by Crippen LogP contribution is -2.31. The first-order chi connectivity index (χ1) is 11.3. The molecule has 0 bridgehead atoms. The summed E-state index contributed by atoms with van der Waals surface area (Å²) in [6.07, 6.45) is 3.59. The van der Waals surface area contributed by atoms with Gasteiger partial charge in [0, 0.05) is 11.3 Å².